The summed E-state index contributed by atoms with van der Waals surface area (Å²) in [5.41, 5.74) is 1.13. The highest BCUT2D eigenvalue weighted by Gasteiger charge is 2.01. The second-order valence-corrected chi connectivity index (χ2v) is 4.56. The van der Waals surface area contributed by atoms with E-state index in [1.54, 1.807) is 11.3 Å². The van der Waals surface area contributed by atoms with Gasteiger partial charge in [-0.15, -0.1) is 22.9 Å². The minimum Gasteiger partial charge on any atom is -0.362 e. The maximum Gasteiger partial charge on any atom is 0.183 e. The number of rotatable bonds is 5. The lowest BCUT2D eigenvalue weighted by Gasteiger charge is -1.99. The summed E-state index contributed by atoms with van der Waals surface area (Å²) in [6, 6.07) is 0. The molecule has 13 heavy (non-hydrogen) atoms. The van der Waals surface area contributed by atoms with Crippen LogP contribution >= 0.6 is 22.9 Å². The number of aryl methyl sites for hydroxylation is 2. The maximum absolute atomic E-state index is 5.57. The summed E-state index contributed by atoms with van der Waals surface area (Å²) < 4.78 is 0. The lowest BCUT2D eigenvalue weighted by Crippen LogP contribution is -2.00. The minimum atomic E-state index is 0.748. The third-order valence-electron chi connectivity index (χ3n) is 1.87. The molecule has 1 aromatic rings. The van der Waals surface area contributed by atoms with E-state index in [2.05, 4.69) is 17.2 Å². The Hall–Kier alpha value is -0.280. The predicted molar refractivity (Wildman–Crippen MR) is 60.0 cm³/mol. The van der Waals surface area contributed by atoms with Crippen molar-refractivity contribution in [3.8, 4) is 0 Å². The lowest BCUT2D eigenvalue weighted by atomic mass is 10.3. The van der Waals surface area contributed by atoms with E-state index in [-0.39, 0.29) is 0 Å². The van der Waals surface area contributed by atoms with Crippen molar-refractivity contribution in [3.05, 3.63) is 10.6 Å². The van der Waals surface area contributed by atoms with Crippen LogP contribution in [-0.2, 0) is 0 Å². The van der Waals surface area contributed by atoms with Crippen LogP contribution in [0.25, 0.3) is 0 Å². The Morgan fingerprint density at radius 3 is 2.69 bits per heavy atom. The van der Waals surface area contributed by atoms with Gasteiger partial charge in [0, 0.05) is 17.3 Å². The van der Waals surface area contributed by atoms with Crippen molar-refractivity contribution >= 4 is 28.1 Å². The number of thiazole rings is 1. The Bertz CT molecular complexity index is 241. The average molecular weight is 219 g/mol. The summed E-state index contributed by atoms with van der Waals surface area (Å²) in [5, 5.41) is 4.32. The second kappa shape index (κ2) is 5.45. The van der Waals surface area contributed by atoms with E-state index in [1.807, 2.05) is 6.92 Å². The van der Waals surface area contributed by atoms with Gasteiger partial charge in [0.25, 0.3) is 0 Å². The SMILES string of the molecule is Cc1nc(NCCCCCl)sc1C. The molecule has 0 aliphatic heterocycles. The molecule has 0 aliphatic rings. The highest BCUT2D eigenvalue weighted by Crippen LogP contribution is 2.20. The van der Waals surface area contributed by atoms with E-state index in [0.717, 1.165) is 36.1 Å². The Kier molecular flexibility index (Phi) is 4.53. The van der Waals surface area contributed by atoms with Crippen molar-refractivity contribution in [2.45, 2.75) is 26.7 Å². The molecule has 0 unspecified atom stereocenters. The predicted octanol–water partition coefficient (Wildman–Crippen LogP) is 3.19. The van der Waals surface area contributed by atoms with Crippen molar-refractivity contribution in [2.24, 2.45) is 0 Å². The Balaban J connectivity index is 2.29. The number of anilines is 1. The number of hydrogen-bond donors (Lipinski definition) is 1. The van der Waals surface area contributed by atoms with Crippen LogP contribution < -0.4 is 5.32 Å². The summed E-state index contributed by atoms with van der Waals surface area (Å²) in [4.78, 5) is 5.67. The molecule has 1 heterocycles. The second-order valence-electron chi connectivity index (χ2n) is 2.98. The largest absolute Gasteiger partial charge is 0.362 e. The van der Waals surface area contributed by atoms with E-state index in [1.165, 1.54) is 4.88 Å². The molecule has 0 aromatic carbocycles. The molecule has 0 radical (unpaired) electrons. The third kappa shape index (κ3) is 3.53. The van der Waals surface area contributed by atoms with Gasteiger partial charge in [-0.25, -0.2) is 4.98 Å². The van der Waals surface area contributed by atoms with Gasteiger partial charge in [0.1, 0.15) is 0 Å². The van der Waals surface area contributed by atoms with E-state index in [9.17, 15) is 0 Å². The molecule has 0 aliphatic carbocycles. The summed E-state index contributed by atoms with van der Waals surface area (Å²) in [6.45, 7) is 5.10. The Morgan fingerprint density at radius 1 is 1.38 bits per heavy atom. The molecule has 1 aromatic heterocycles. The summed E-state index contributed by atoms with van der Waals surface area (Å²) in [7, 11) is 0. The summed E-state index contributed by atoms with van der Waals surface area (Å²) >= 11 is 7.29. The molecule has 0 bridgehead atoms. The van der Waals surface area contributed by atoms with Gasteiger partial charge >= 0.3 is 0 Å². The van der Waals surface area contributed by atoms with Gasteiger partial charge in [-0.3, -0.25) is 0 Å². The first kappa shape index (κ1) is 10.8. The summed E-state index contributed by atoms with van der Waals surface area (Å²) in [6.07, 6.45) is 2.18. The maximum atomic E-state index is 5.57. The molecule has 0 saturated carbocycles. The number of alkyl halides is 1. The molecule has 1 rings (SSSR count). The number of nitrogens with one attached hydrogen (secondary N) is 1. The molecule has 0 spiro atoms. The van der Waals surface area contributed by atoms with Gasteiger partial charge in [-0.1, -0.05) is 0 Å². The van der Waals surface area contributed by atoms with Gasteiger partial charge in [0.15, 0.2) is 5.13 Å². The van der Waals surface area contributed by atoms with Crippen LogP contribution in [0.3, 0.4) is 0 Å². The molecular formula is C9H15ClN2S. The zero-order valence-corrected chi connectivity index (χ0v) is 9.63. The summed E-state index contributed by atoms with van der Waals surface area (Å²) in [5.74, 6) is 0.748. The molecule has 0 atom stereocenters. The normalized spacial score (nSPS) is 10.4. The van der Waals surface area contributed by atoms with Gasteiger partial charge in [-0.05, 0) is 26.7 Å². The fourth-order valence-electron chi connectivity index (χ4n) is 0.963. The van der Waals surface area contributed by atoms with Crippen LogP contribution in [0.2, 0.25) is 0 Å². The van der Waals surface area contributed by atoms with Crippen molar-refractivity contribution in [2.75, 3.05) is 17.7 Å². The van der Waals surface area contributed by atoms with Crippen LogP contribution in [-0.4, -0.2) is 17.4 Å². The molecule has 1 N–H and O–H groups in total. The fraction of sp³-hybridized carbons (Fsp3) is 0.667. The quantitative estimate of drug-likeness (QED) is 0.607. The van der Waals surface area contributed by atoms with E-state index >= 15 is 0 Å². The van der Waals surface area contributed by atoms with Crippen LogP contribution in [0.4, 0.5) is 5.13 Å². The van der Waals surface area contributed by atoms with E-state index in [0.29, 0.717) is 0 Å². The van der Waals surface area contributed by atoms with E-state index < -0.39 is 0 Å². The van der Waals surface area contributed by atoms with Crippen LogP contribution in [0.5, 0.6) is 0 Å². The topological polar surface area (TPSA) is 24.9 Å². The zero-order chi connectivity index (χ0) is 9.68. The zero-order valence-electron chi connectivity index (χ0n) is 8.06. The fourth-order valence-corrected chi connectivity index (χ4v) is 1.99. The highest BCUT2D eigenvalue weighted by molar-refractivity contribution is 7.15. The van der Waals surface area contributed by atoms with Crippen molar-refractivity contribution in [1.29, 1.82) is 0 Å². The molecule has 74 valence electrons. The molecular weight excluding hydrogens is 204 g/mol. The molecule has 2 nitrogen and oxygen atoms in total. The third-order valence-corrected chi connectivity index (χ3v) is 3.16. The van der Waals surface area contributed by atoms with Gasteiger partial charge in [-0.2, -0.15) is 0 Å². The number of halogens is 1. The van der Waals surface area contributed by atoms with Crippen molar-refractivity contribution in [3.63, 3.8) is 0 Å². The minimum absolute atomic E-state index is 0.748. The number of hydrogen-bond acceptors (Lipinski definition) is 3. The Labute approximate surface area is 88.3 Å². The Morgan fingerprint density at radius 2 is 2.15 bits per heavy atom. The van der Waals surface area contributed by atoms with Crippen LogP contribution in [0.1, 0.15) is 23.4 Å². The number of nitrogens with zero attached hydrogens (tertiary/aromatic N) is 1. The first-order chi connectivity index (χ1) is 6.24. The average Bonchev–Trinajstić information content (AvgIpc) is 2.41. The standard InChI is InChI=1S/C9H15ClN2S/c1-7-8(2)13-9(12-7)11-6-4-3-5-10/h3-6H2,1-2H3,(H,11,12). The monoisotopic (exact) mass is 218 g/mol. The van der Waals surface area contributed by atoms with Gasteiger partial charge < -0.3 is 5.32 Å². The van der Waals surface area contributed by atoms with Crippen molar-refractivity contribution < 1.29 is 0 Å². The first-order valence-electron chi connectivity index (χ1n) is 4.48. The molecule has 0 fully saturated rings. The number of unbranched alkanes of at least 4 members (excludes halogenated alkanes) is 1. The van der Waals surface area contributed by atoms with Crippen LogP contribution in [0, 0.1) is 13.8 Å². The van der Waals surface area contributed by atoms with Crippen LogP contribution in [0.15, 0.2) is 0 Å². The van der Waals surface area contributed by atoms with E-state index in [4.69, 9.17) is 11.6 Å². The van der Waals surface area contributed by atoms with Gasteiger partial charge in [0.05, 0.1) is 5.69 Å². The lowest BCUT2D eigenvalue weighted by molar-refractivity contribution is 0.838. The number of aromatic nitrogens is 1. The molecule has 0 saturated heterocycles. The first-order valence-corrected chi connectivity index (χ1v) is 5.83. The van der Waals surface area contributed by atoms with Crippen molar-refractivity contribution in [1.82, 2.24) is 4.98 Å². The highest BCUT2D eigenvalue weighted by atomic mass is 35.5. The molecule has 0 amide bonds. The molecule has 4 heteroatoms. The van der Waals surface area contributed by atoms with Gasteiger partial charge in [0.2, 0.25) is 0 Å². The smallest absolute Gasteiger partial charge is 0.183 e.